The highest BCUT2D eigenvalue weighted by molar-refractivity contribution is 7.90. The third-order valence-electron chi connectivity index (χ3n) is 6.41. The Bertz CT molecular complexity index is 2310. The first-order valence-electron chi connectivity index (χ1n) is 15.3. The molecule has 4 N–H and O–H groups in total. The Morgan fingerprint density at radius 3 is 2.16 bits per heavy atom. The molecule has 0 spiro atoms. The standard InChI is InChI=1S/C17H13ClFNO4.C16H19N5O9S2/c1-3-8-22-17(21)11(2)23-13-4-6-14(7-5-13)24-16-15(19)9-12(18)10-20-16;1-29-12-7-13(30-2)19-15(18-12)20-16(24)21-32(27,28)11-6-9(8-17-31(3,25)26)4-5-10(11)14(22)23/h1,4-7,9-11H,8H2,2H3;4-7,17H,8H2,1-3H3,(H,22,23)(H2,18,19,20,21,24)/t11-;/m1./s1. The van der Waals surface area contributed by atoms with Gasteiger partial charge in [0, 0.05) is 12.7 Å². The van der Waals surface area contributed by atoms with Gasteiger partial charge in [0.2, 0.25) is 27.7 Å². The summed E-state index contributed by atoms with van der Waals surface area (Å²) in [6.45, 7) is 1.13. The summed E-state index contributed by atoms with van der Waals surface area (Å²) in [6, 6.07) is 10.5. The first-order valence-corrected chi connectivity index (χ1v) is 19.1. The van der Waals surface area contributed by atoms with E-state index in [9.17, 15) is 40.7 Å². The first kappa shape index (κ1) is 44.1. The Labute approximate surface area is 324 Å². The van der Waals surface area contributed by atoms with E-state index in [1.807, 2.05) is 0 Å². The quantitative estimate of drug-likeness (QED) is 0.0988. The molecular weight excluding hydrogens is 807 g/mol. The van der Waals surface area contributed by atoms with Gasteiger partial charge >= 0.3 is 18.0 Å². The molecule has 4 rings (SSSR count). The second kappa shape index (κ2) is 19.9. The van der Waals surface area contributed by atoms with Crippen LogP contribution in [0.25, 0.3) is 0 Å². The molecule has 2 heterocycles. The summed E-state index contributed by atoms with van der Waals surface area (Å²) in [7, 11) is -5.69. The fourth-order valence-corrected chi connectivity index (χ4v) is 5.65. The van der Waals surface area contributed by atoms with Crippen molar-refractivity contribution in [3.8, 4) is 41.5 Å². The monoisotopic (exact) mass is 838 g/mol. The summed E-state index contributed by atoms with van der Waals surface area (Å²) >= 11 is 5.62. The van der Waals surface area contributed by atoms with Gasteiger partial charge < -0.3 is 28.8 Å². The number of nitrogens with zero attached hydrogens (tertiary/aromatic N) is 3. The van der Waals surface area contributed by atoms with Crippen LogP contribution in [0.4, 0.5) is 15.1 Å². The van der Waals surface area contributed by atoms with Gasteiger partial charge in [-0.15, -0.1) is 6.42 Å². The van der Waals surface area contributed by atoms with Gasteiger partial charge in [-0.2, -0.15) is 9.97 Å². The molecule has 2 aromatic heterocycles. The summed E-state index contributed by atoms with van der Waals surface area (Å²) in [4.78, 5) is 45.9. The number of urea groups is 1. The molecule has 0 saturated heterocycles. The van der Waals surface area contributed by atoms with E-state index in [0.717, 1.165) is 24.5 Å². The van der Waals surface area contributed by atoms with Gasteiger partial charge in [0.1, 0.15) is 16.4 Å². The lowest BCUT2D eigenvalue weighted by Gasteiger charge is -2.13. The number of terminal acetylenes is 1. The number of halogens is 2. The molecule has 0 saturated carbocycles. The van der Waals surface area contributed by atoms with Crippen molar-refractivity contribution in [3.05, 3.63) is 82.8 Å². The average molecular weight is 839 g/mol. The van der Waals surface area contributed by atoms with Crippen LogP contribution in [-0.4, -0.2) is 88.0 Å². The van der Waals surface area contributed by atoms with Crippen LogP contribution in [-0.2, 0) is 36.1 Å². The van der Waals surface area contributed by atoms with Crippen LogP contribution < -0.4 is 33.7 Å². The molecule has 0 fully saturated rings. The van der Waals surface area contributed by atoms with E-state index in [-0.39, 0.29) is 47.3 Å². The molecule has 19 nitrogen and oxygen atoms in total. The van der Waals surface area contributed by atoms with Gasteiger partial charge in [0.25, 0.3) is 15.9 Å². The van der Waals surface area contributed by atoms with Crippen molar-refractivity contribution in [1.29, 1.82) is 0 Å². The number of pyridine rings is 1. The van der Waals surface area contributed by atoms with Crippen LogP contribution in [0, 0.1) is 18.2 Å². The summed E-state index contributed by atoms with van der Waals surface area (Å²) in [5, 5.41) is 11.6. The van der Waals surface area contributed by atoms with Crippen molar-refractivity contribution < 1.29 is 64.4 Å². The number of aromatic nitrogens is 3. The molecule has 2 amide bonds. The molecule has 0 unspecified atom stereocenters. The SMILES string of the molecule is C#CCOC(=O)[C@@H](C)Oc1ccc(Oc2ncc(Cl)cc2F)cc1.COc1cc(OC)nc(NC(=O)NS(=O)(=O)c2cc(CNS(C)(=O)=O)ccc2C(=O)O)n1. The Kier molecular flexibility index (Phi) is 15.7. The van der Waals surface area contributed by atoms with Gasteiger partial charge in [-0.05, 0) is 55.0 Å². The smallest absolute Gasteiger partial charge is 0.347 e. The predicted octanol–water partition coefficient (Wildman–Crippen LogP) is 3.36. The predicted molar refractivity (Wildman–Crippen MR) is 195 cm³/mol. The zero-order valence-electron chi connectivity index (χ0n) is 29.6. The zero-order valence-corrected chi connectivity index (χ0v) is 32.0. The van der Waals surface area contributed by atoms with Gasteiger partial charge in [0.05, 0.1) is 37.1 Å². The van der Waals surface area contributed by atoms with Crippen LogP contribution in [0.15, 0.2) is 65.7 Å². The van der Waals surface area contributed by atoms with Crippen molar-refractivity contribution in [3.63, 3.8) is 0 Å². The molecule has 0 aliphatic rings. The molecule has 56 heavy (non-hydrogen) atoms. The number of anilines is 1. The molecule has 1 atom stereocenters. The van der Waals surface area contributed by atoms with Crippen molar-refractivity contribution in [2.24, 2.45) is 0 Å². The number of methoxy groups -OCH3 is 2. The van der Waals surface area contributed by atoms with Crippen LogP contribution in [0.3, 0.4) is 0 Å². The summed E-state index contributed by atoms with van der Waals surface area (Å²) in [6.07, 6.45) is 6.37. The number of nitrogens with one attached hydrogen (secondary N) is 3. The van der Waals surface area contributed by atoms with E-state index in [2.05, 4.69) is 30.9 Å². The number of ether oxygens (including phenoxy) is 5. The van der Waals surface area contributed by atoms with Crippen LogP contribution in [0.1, 0.15) is 22.8 Å². The van der Waals surface area contributed by atoms with Crippen molar-refractivity contribution in [2.45, 2.75) is 24.5 Å². The van der Waals surface area contributed by atoms with Crippen molar-refractivity contribution in [2.75, 3.05) is 32.4 Å². The highest BCUT2D eigenvalue weighted by Crippen LogP contribution is 2.26. The summed E-state index contributed by atoms with van der Waals surface area (Å²) < 4.78 is 90.6. The molecule has 23 heteroatoms. The molecule has 0 aliphatic heterocycles. The van der Waals surface area contributed by atoms with Crippen LogP contribution in [0.5, 0.6) is 29.1 Å². The second-order valence-corrected chi connectivity index (χ2v) is 14.6. The van der Waals surface area contributed by atoms with Crippen LogP contribution >= 0.6 is 11.6 Å². The molecule has 0 radical (unpaired) electrons. The number of rotatable bonds is 15. The largest absolute Gasteiger partial charge is 0.481 e. The second-order valence-electron chi connectivity index (χ2n) is 10.7. The maximum atomic E-state index is 13.6. The number of sulfonamides is 2. The molecule has 0 aliphatic carbocycles. The summed E-state index contributed by atoms with van der Waals surface area (Å²) in [5.74, 6) is -0.360. The highest BCUT2D eigenvalue weighted by Gasteiger charge is 2.26. The third-order valence-corrected chi connectivity index (χ3v) is 8.66. The number of esters is 1. The molecule has 0 bridgehead atoms. The number of carbonyl (C=O) groups is 3. The highest BCUT2D eigenvalue weighted by atomic mass is 35.5. The Morgan fingerprint density at radius 2 is 1.61 bits per heavy atom. The molecule has 298 valence electrons. The summed E-state index contributed by atoms with van der Waals surface area (Å²) in [5.41, 5.74) is -0.491. The lowest BCUT2D eigenvalue weighted by Crippen LogP contribution is -2.35. The van der Waals surface area contributed by atoms with Gasteiger partial charge in [0.15, 0.2) is 18.5 Å². The van der Waals surface area contributed by atoms with E-state index in [1.165, 1.54) is 39.5 Å². The minimum Gasteiger partial charge on any atom is -0.481 e. The van der Waals surface area contributed by atoms with Crippen LogP contribution in [0.2, 0.25) is 5.02 Å². The number of hydrogen-bond acceptors (Lipinski definition) is 15. The first-order chi connectivity index (χ1) is 26.3. The number of amides is 2. The van der Waals surface area contributed by atoms with E-state index in [0.29, 0.717) is 11.5 Å². The van der Waals surface area contributed by atoms with Gasteiger partial charge in [-0.25, -0.2) is 50.0 Å². The lowest BCUT2D eigenvalue weighted by molar-refractivity contribution is -0.149. The van der Waals surface area contributed by atoms with E-state index in [4.69, 9.17) is 41.7 Å². The maximum Gasteiger partial charge on any atom is 0.347 e. The van der Waals surface area contributed by atoms with E-state index < -0.39 is 60.4 Å². The maximum absolute atomic E-state index is 13.6. The van der Waals surface area contributed by atoms with Gasteiger partial charge in [-0.3, -0.25) is 5.32 Å². The Balaban J connectivity index is 0.000000313. The minimum absolute atomic E-state index is 0.0225. The number of aromatic carboxylic acids is 1. The topological polar surface area (TPSA) is 261 Å². The zero-order chi connectivity index (χ0) is 41.6. The number of carboxylic acid groups (broad SMARTS) is 1. The van der Waals surface area contributed by atoms with Crippen molar-refractivity contribution >= 4 is 55.6 Å². The normalized spacial score (nSPS) is 11.4. The third kappa shape index (κ3) is 13.9. The number of hydrogen-bond donors (Lipinski definition) is 4. The Hall–Kier alpha value is -6.28. The molecule has 4 aromatic rings. The van der Waals surface area contributed by atoms with E-state index in [1.54, 1.807) is 29.0 Å². The number of carbonyl (C=O) groups excluding carboxylic acids is 2. The lowest BCUT2D eigenvalue weighted by atomic mass is 10.1. The average Bonchev–Trinajstić information content (AvgIpc) is 3.14. The van der Waals surface area contributed by atoms with Crippen molar-refractivity contribution in [1.82, 2.24) is 24.4 Å². The van der Waals surface area contributed by atoms with E-state index >= 15 is 0 Å². The number of carboxylic acids is 1. The molecular formula is C33H32ClFN6O13S2. The fraction of sp³-hybridized carbons (Fsp3) is 0.212. The molecule has 2 aromatic carbocycles. The minimum atomic E-state index is -4.70. The van der Waals surface area contributed by atoms with Gasteiger partial charge in [-0.1, -0.05) is 23.6 Å². The number of benzene rings is 2. The Morgan fingerprint density at radius 1 is 0.982 bits per heavy atom. The fourth-order valence-electron chi connectivity index (χ4n) is 3.92.